The first-order valence-electron chi connectivity index (χ1n) is 3.56. The molecule has 0 bridgehead atoms. The number of carbonyl (C=O) groups excluding carboxylic acids is 2. The quantitative estimate of drug-likeness (QED) is 0.145. The van der Waals surface area contributed by atoms with Crippen LogP contribution in [-0.4, -0.2) is 19.5 Å². The van der Waals surface area contributed by atoms with E-state index in [-0.39, 0.29) is 5.56 Å². The number of carbonyl (C=O) groups is 2. The molecule has 0 aliphatic rings. The van der Waals surface area contributed by atoms with Gasteiger partial charge in [-0.15, -0.1) is 0 Å². The van der Waals surface area contributed by atoms with Gasteiger partial charge < -0.3 is 0 Å². The zero-order valence-electron chi connectivity index (χ0n) is 6.78. The maximum absolute atomic E-state index is 11.2. The lowest BCUT2D eigenvalue weighted by atomic mass is 9.94. The molecule has 5 heteroatoms. The van der Waals surface area contributed by atoms with Crippen LogP contribution in [0.3, 0.4) is 0 Å². The molecule has 3 N–H and O–H groups in total. The van der Waals surface area contributed by atoms with Crippen molar-refractivity contribution >= 4 is 25.0 Å². The van der Waals surface area contributed by atoms with E-state index in [4.69, 9.17) is 13.7 Å². The Labute approximate surface area is 76.5 Å². The minimum atomic E-state index is -0.843. The summed E-state index contributed by atoms with van der Waals surface area (Å²) >= 11 is 0. The Bertz CT molecular complexity index is 335. The number of amides is 1. The molecular formula is C8H7BN2O2. The van der Waals surface area contributed by atoms with Gasteiger partial charge in [-0.25, -0.2) is 5.84 Å². The zero-order chi connectivity index (χ0) is 9.84. The van der Waals surface area contributed by atoms with Gasteiger partial charge in [0.15, 0.2) is 0 Å². The van der Waals surface area contributed by atoms with Crippen LogP contribution in [0.25, 0.3) is 0 Å². The average Bonchev–Trinajstić information content (AvgIpc) is 2.17. The summed E-state index contributed by atoms with van der Waals surface area (Å²) in [5.41, 5.74) is 2.55. The number of hydrogen-bond donors (Lipinski definition) is 2. The second kappa shape index (κ2) is 3.86. The molecule has 0 unspecified atom stereocenters. The minimum absolute atomic E-state index is 0.261. The molecule has 13 heavy (non-hydrogen) atoms. The number of benzene rings is 1. The van der Waals surface area contributed by atoms with Gasteiger partial charge in [-0.05, 0) is 0 Å². The summed E-state index contributed by atoms with van der Waals surface area (Å²) in [7, 11) is 5.40. The van der Waals surface area contributed by atoms with Crippen LogP contribution in [0, 0.1) is 0 Å². The summed E-state index contributed by atoms with van der Waals surface area (Å²) in [5.74, 6) is 3.27. The molecule has 1 aromatic rings. The van der Waals surface area contributed by atoms with E-state index < -0.39 is 11.7 Å². The Morgan fingerprint density at radius 3 is 2.23 bits per heavy atom. The van der Waals surface area contributed by atoms with Crippen LogP contribution < -0.4 is 16.7 Å². The van der Waals surface area contributed by atoms with Crippen molar-refractivity contribution in [3.05, 3.63) is 29.8 Å². The van der Waals surface area contributed by atoms with Gasteiger partial charge in [0.05, 0.1) is 0 Å². The maximum atomic E-state index is 11.2. The van der Waals surface area contributed by atoms with Crippen LogP contribution in [0.5, 0.6) is 0 Å². The fraction of sp³-hybridized carbons (Fsp3) is 0. The molecule has 2 radical (unpaired) electrons. The fourth-order valence-electron chi connectivity index (χ4n) is 0.831. The first kappa shape index (κ1) is 9.47. The highest BCUT2D eigenvalue weighted by Gasteiger charge is 2.13. The highest BCUT2D eigenvalue weighted by molar-refractivity contribution is 6.43. The molecule has 0 atom stereocenters. The fourth-order valence-corrected chi connectivity index (χ4v) is 0.831. The normalized spacial score (nSPS) is 9.31. The molecule has 0 aromatic heterocycles. The lowest BCUT2D eigenvalue weighted by Gasteiger charge is -1.99. The van der Waals surface area contributed by atoms with Gasteiger partial charge in [0.2, 0.25) is 0 Å². The number of nitrogens with two attached hydrogens (primary N) is 1. The SMILES string of the molecule is [B]c1ccc(C(=O)C(=O)NN)cc1. The standard InChI is InChI=1S/C8H7BN2O2/c9-6-3-1-5(2-4-6)7(12)8(13)11-10/h1-4H,10H2,(H,11,13). The second-order valence-corrected chi connectivity index (χ2v) is 2.42. The number of rotatable bonds is 2. The number of hydrazine groups is 1. The van der Waals surface area contributed by atoms with Crippen molar-refractivity contribution in [2.45, 2.75) is 0 Å². The summed E-state index contributed by atoms with van der Waals surface area (Å²) < 4.78 is 0. The topological polar surface area (TPSA) is 72.2 Å². The zero-order valence-corrected chi connectivity index (χ0v) is 6.78. The van der Waals surface area contributed by atoms with Crippen LogP contribution in [0.1, 0.15) is 10.4 Å². The van der Waals surface area contributed by atoms with Crippen molar-refractivity contribution in [3.8, 4) is 0 Å². The van der Waals surface area contributed by atoms with Crippen molar-refractivity contribution in [1.82, 2.24) is 5.43 Å². The third-order valence-corrected chi connectivity index (χ3v) is 1.51. The Hall–Kier alpha value is -1.62. The van der Waals surface area contributed by atoms with Crippen LogP contribution in [0.15, 0.2) is 24.3 Å². The number of Topliss-reactive ketones (excluding diaryl/α,β-unsaturated/α-hetero) is 1. The summed E-state index contributed by atoms with van der Waals surface area (Å²) in [5, 5.41) is 0. The van der Waals surface area contributed by atoms with Crippen molar-refractivity contribution in [1.29, 1.82) is 0 Å². The van der Waals surface area contributed by atoms with E-state index >= 15 is 0 Å². The van der Waals surface area contributed by atoms with Gasteiger partial charge in [0, 0.05) is 5.56 Å². The minimum Gasteiger partial charge on any atom is -0.287 e. The molecule has 1 amide bonds. The van der Waals surface area contributed by atoms with Crippen LogP contribution >= 0.6 is 0 Å². The molecule has 0 fully saturated rings. The Kier molecular flexibility index (Phi) is 2.82. The van der Waals surface area contributed by atoms with E-state index in [0.717, 1.165) is 0 Å². The van der Waals surface area contributed by atoms with Gasteiger partial charge in [0.25, 0.3) is 5.78 Å². The van der Waals surface area contributed by atoms with Gasteiger partial charge in [0.1, 0.15) is 7.85 Å². The maximum Gasteiger partial charge on any atom is 0.306 e. The summed E-state index contributed by atoms with van der Waals surface area (Å²) in [6.07, 6.45) is 0. The molecule has 0 saturated heterocycles. The van der Waals surface area contributed by atoms with E-state index in [2.05, 4.69) is 0 Å². The van der Waals surface area contributed by atoms with Crippen LogP contribution in [0.4, 0.5) is 0 Å². The molecule has 0 heterocycles. The van der Waals surface area contributed by atoms with Gasteiger partial charge in [-0.1, -0.05) is 29.7 Å². The Morgan fingerprint density at radius 2 is 1.77 bits per heavy atom. The third-order valence-electron chi connectivity index (χ3n) is 1.51. The summed E-state index contributed by atoms with van der Waals surface area (Å²) in [6.45, 7) is 0. The second-order valence-electron chi connectivity index (χ2n) is 2.42. The molecule has 0 saturated carbocycles. The third kappa shape index (κ3) is 2.16. The number of nitrogens with one attached hydrogen (secondary N) is 1. The van der Waals surface area contributed by atoms with Crippen molar-refractivity contribution in [2.75, 3.05) is 0 Å². The van der Waals surface area contributed by atoms with Crippen molar-refractivity contribution in [2.24, 2.45) is 5.84 Å². The predicted octanol–water partition coefficient (Wildman–Crippen LogP) is -1.35. The van der Waals surface area contributed by atoms with Gasteiger partial charge in [-0.2, -0.15) is 0 Å². The van der Waals surface area contributed by atoms with E-state index in [1.54, 1.807) is 5.43 Å². The molecule has 1 aromatic carbocycles. The average molecular weight is 174 g/mol. The molecule has 1 rings (SSSR count). The first-order valence-corrected chi connectivity index (χ1v) is 3.56. The van der Waals surface area contributed by atoms with Crippen LogP contribution in [0.2, 0.25) is 0 Å². The molecule has 0 spiro atoms. The van der Waals surface area contributed by atoms with E-state index in [1.165, 1.54) is 24.3 Å². The van der Waals surface area contributed by atoms with E-state index in [1.807, 2.05) is 0 Å². The molecule has 4 nitrogen and oxygen atoms in total. The van der Waals surface area contributed by atoms with Crippen molar-refractivity contribution in [3.63, 3.8) is 0 Å². The molecule has 0 aliphatic heterocycles. The molecular weight excluding hydrogens is 167 g/mol. The van der Waals surface area contributed by atoms with Crippen molar-refractivity contribution < 1.29 is 9.59 Å². The smallest absolute Gasteiger partial charge is 0.287 e. The first-order chi connectivity index (χ1) is 6.15. The lowest BCUT2D eigenvalue weighted by Crippen LogP contribution is -2.36. The monoisotopic (exact) mass is 174 g/mol. The Morgan fingerprint density at radius 1 is 1.23 bits per heavy atom. The largest absolute Gasteiger partial charge is 0.306 e. The molecule has 0 aliphatic carbocycles. The highest BCUT2D eigenvalue weighted by atomic mass is 16.2. The number of ketones is 1. The Balaban J connectivity index is 2.90. The lowest BCUT2D eigenvalue weighted by molar-refractivity contribution is -0.117. The predicted molar refractivity (Wildman–Crippen MR) is 48.5 cm³/mol. The van der Waals surface area contributed by atoms with Gasteiger partial charge in [-0.3, -0.25) is 15.0 Å². The highest BCUT2D eigenvalue weighted by Crippen LogP contribution is 1.97. The molecule has 64 valence electrons. The summed E-state index contributed by atoms with van der Waals surface area (Å²) in [6, 6.07) is 6.01. The number of hydrogen-bond acceptors (Lipinski definition) is 3. The summed E-state index contributed by atoms with van der Waals surface area (Å²) in [4.78, 5) is 21.9. The van der Waals surface area contributed by atoms with Crippen LogP contribution in [-0.2, 0) is 4.79 Å². The van der Waals surface area contributed by atoms with Gasteiger partial charge >= 0.3 is 5.91 Å². The van der Waals surface area contributed by atoms with E-state index in [9.17, 15) is 9.59 Å². The van der Waals surface area contributed by atoms with E-state index in [0.29, 0.717) is 5.46 Å².